The van der Waals surface area contributed by atoms with E-state index in [9.17, 15) is 0 Å². The zero-order valence-electron chi connectivity index (χ0n) is 16.1. The lowest BCUT2D eigenvalue weighted by molar-refractivity contribution is 0.336. The van der Waals surface area contributed by atoms with Crippen molar-refractivity contribution in [2.45, 2.75) is 32.6 Å². The van der Waals surface area contributed by atoms with Crippen LogP contribution in [0.1, 0.15) is 38.2 Å². The number of anilines is 2. The van der Waals surface area contributed by atoms with Crippen LogP contribution in [0.4, 0.5) is 11.8 Å². The molecule has 0 saturated carbocycles. The van der Waals surface area contributed by atoms with Crippen LogP contribution in [0.25, 0.3) is 0 Å². The van der Waals surface area contributed by atoms with E-state index in [0.29, 0.717) is 30.0 Å². The van der Waals surface area contributed by atoms with Gasteiger partial charge in [0.2, 0.25) is 5.95 Å². The maximum absolute atomic E-state index is 6.07. The largest absolute Gasteiger partial charge is 0.484 e. The minimum atomic E-state index is 0.249. The van der Waals surface area contributed by atoms with Gasteiger partial charge < -0.3 is 15.8 Å². The van der Waals surface area contributed by atoms with Crippen molar-refractivity contribution < 1.29 is 4.74 Å². The average Bonchev–Trinajstić information content (AvgIpc) is 3.16. The minimum Gasteiger partial charge on any atom is -0.484 e. The number of rotatable bonds is 9. The van der Waals surface area contributed by atoms with Crippen LogP contribution in [0, 0.1) is 5.92 Å². The summed E-state index contributed by atoms with van der Waals surface area (Å²) in [5.41, 5.74) is 8.32. The van der Waals surface area contributed by atoms with Gasteiger partial charge in [0.05, 0.1) is 6.20 Å². The molecule has 2 aromatic rings. The van der Waals surface area contributed by atoms with Crippen molar-refractivity contribution in [1.82, 2.24) is 9.97 Å². The maximum Gasteiger partial charge on any atom is 0.222 e. The van der Waals surface area contributed by atoms with E-state index < -0.39 is 0 Å². The Kier molecular flexibility index (Phi) is 6.47. The molecule has 1 aliphatic carbocycles. The molecule has 2 atom stereocenters. The van der Waals surface area contributed by atoms with Crippen LogP contribution < -0.4 is 15.8 Å². The standard InChI is InChI=1S/C22H28N4O/c1-3-4-13-24-21-20(14-25-22(23)26-21)27-15-18-11-8-12-19(18)16(2)17-9-6-5-7-10-17/h5-12,14,16,19H,3-4,13,15H2,1-2H3,(H3,23,24,25,26)/t16-,19?/m1/s1. The Morgan fingerprint density at radius 2 is 2.07 bits per heavy atom. The molecule has 1 aliphatic rings. The molecule has 3 N–H and O–H groups in total. The second-order valence-corrected chi connectivity index (χ2v) is 6.86. The van der Waals surface area contributed by atoms with Gasteiger partial charge in [-0.15, -0.1) is 0 Å². The van der Waals surface area contributed by atoms with Crippen molar-refractivity contribution in [3.05, 3.63) is 65.9 Å². The Hall–Kier alpha value is -2.82. The van der Waals surface area contributed by atoms with Crippen LogP contribution in [0.5, 0.6) is 5.75 Å². The molecular weight excluding hydrogens is 336 g/mol. The van der Waals surface area contributed by atoms with Gasteiger partial charge in [0, 0.05) is 12.5 Å². The topological polar surface area (TPSA) is 73.1 Å². The molecule has 27 heavy (non-hydrogen) atoms. The van der Waals surface area contributed by atoms with E-state index in [2.05, 4.69) is 77.7 Å². The number of allylic oxidation sites excluding steroid dienone is 3. The molecule has 0 spiro atoms. The number of nitrogens with one attached hydrogen (secondary N) is 1. The molecule has 0 aliphatic heterocycles. The minimum absolute atomic E-state index is 0.249. The molecule has 0 fully saturated rings. The number of hydrogen-bond donors (Lipinski definition) is 2. The zero-order valence-corrected chi connectivity index (χ0v) is 16.1. The maximum atomic E-state index is 6.07. The lowest BCUT2D eigenvalue weighted by Gasteiger charge is -2.22. The van der Waals surface area contributed by atoms with Crippen LogP contribution in [0.3, 0.4) is 0 Å². The molecular formula is C22H28N4O. The Morgan fingerprint density at radius 1 is 1.26 bits per heavy atom. The van der Waals surface area contributed by atoms with E-state index in [0.717, 1.165) is 19.4 Å². The SMILES string of the molecule is CCCCNc1nc(N)ncc1OCC1=CC=CC1[C@H](C)c1ccccc1. The fourth-order valence-corrected chi connectivity index (χ4v) is 3.29. The summed E-state index contributed by atoms with van der Waals surface area (Å²) in [7, 11) is 0. The van der Waals surface area contributed by atoms with Crippen LogP contribution in [-0.4, -0.2) is 23.1 Å². The second kappa shape index (κ2) is 9.21. The summed E-state index contributed by atoms with van der Waals surface area (Å²) in [5, 5.41) is 3.30. The lowest BCUT2D eigenvalue weighted by Crippen LogP contribution is -2.15. The van der Waals surface area contributed by atoms with Crippen molar-refractivity contribution >= 4 is 11.8 Å². The van der Waals surface area contributed by atoms with Gasteiger partial charge in [-0.25, -0.2) is 4.98 Å². The summed E-state index contributed by atoms with van der Waals surface area (Å²) < 4.78 is 6.07. The molecule has 0 amide bonds. The van der Waals surface area contributed by atoms with Crippen LogP contribution in [-0.2, 0) is 0 Å². The fraction of sp³-hybridized carbons (Fsp3) is 0.364. The summed E-state index contributed by atoms with van der Waals surface area (Å²) >= 11 is 0. The smallest absolute Gasteiger partial charge is 0.222 e. The first-order valence-electron chi connectivity index (χ1n) is 9.60. The highest BCUT2D eigenvalue weighted by atomic mass is 16.5. The summed E-state index contributed by atoms with van der Waals surface area (Å²) in [5.74, 6) is 2.27. The normalized spacial score (nSPS) is 16.8. The third-order valence-electron chi connectivity index (χ3n) is 4.91. The van der Waals surface area contributed by atoms with Crippen molar-refractivity contribution in [2.75, 3.05) is 24.2 Å². The summed E-state index contributed by atoms with van der Waals surface area (Å²) in [6.07, 6.45) is 10.3. The van der Waals surface area contributed by atoms with E-state index in [4.69, 9.17) is 10.5 Å². The number of ether oxygens (including phenoxy) is 1. The molecule has 3 rings (SSSR count). The highest BCUT2D eigenvalue weighted by Gasteiger charge is 2.23. The zero-order chi connectivity index (χ0) is 19.1. The van der Waals surface area contributed by atoms with Crippen molar-refractivity contribution in [2.24, 2.45) is 5.92 Å². The number of benzene rings is 1. The molecule has 0 saturated heterocycles. The first-order valence-corrected chi connectivity index (χ1v) is 9.60. The summed E-state index contributed by atoms with van der Waals surface area (Å²) in [6, 6.07) is 10.6. The molecule has 5 nitrogen and oxygen atoms in total. The van der Waals surface area contributed by atoms with E-state index in [1.165, 1.54) is 11.1 Å². The number of nitrogen functional groups attached to an aromatic ring is 1. The van der Waals surface area contributed by atoms with E-state index >= 15 is 0 Å². The van der Waals surface area contributed by atoms with Crippen molar-refractivity contribution in [1.29, 1.82) is 0 Å². The van der Waals surface area contributed by atoms with Crippen LogP contribution in [0.15, 0.2) is 60.3 Å². The summed E-state index contributed by atoms with van der Waals surface area (Å²) in [4.78, 5) is 8.37. The molecule has 1 aromatic carbocycles. The quantitative estimate of drug-likeness (QED) is 0.638. The number of nitrogens with two attached hydrogens (primary N) is 1. The Morgan fingerprint density at radius 3 is 2.85 bits per heavy atom. The number of aromatic nitrogens is 2. The average molecular weight is 364 g/mol. The van der Waals surface area contributed by atoms with Gasteiger partial charge in [-0.2, -0.15) is 4.98 Å². The predicted molar refractivity (Wildman–Crippen MR) is 111 cm³/mol. The number of hydrogen-bond acceptors (Lipinski definition) is 5. The molecule has 1 heterocycles. The van der Waals surface area contributed by atoms with Gasteiger partial charge in [-0.3, -0.25) is 0 Å². The van der Waals surface area contributed by atoms with Gasteiger partial charge in [-0.05, 0) is 23.5 Å². The van der Waals surface area contributed by atoms with Crippen molar-refractivity contribution in [3.8, 4) is 5.75 Å². The highest BCUT2D eigenvalue weighted by Crippen LogP contribution is 2.34. The molecule has 1 unspecified atom stereocenters. The first-order chi connectivity index (χ1) is 13.2. The highest BCUT2D eigenvalue weighted by molar-refractivity contribution is 5.51. The van der Waals surface area contributed by atoms with Gasteiger partial charge >= 0.3 is 0 Å². The lowest BCUT2D eigenvalue weighted by atomic mass is 9.84. The number of nitrogens with zero attached hydrogens (tertiary/aromatic N) is 2. The van der Waals surface area contributed by atoms with Gasteiger partial charge in [0.15, 0.2) is 11.6 Å². The van der Waals surface area contributed by atoms with Gasteiger partial charge in [0.1, 0.15) is 6.61 Å². The van der Waals surface area contributed by atoms with E-state index in [-0.39, 0.29) is 5.95 Å². The molecule has 0 radical (unpaired) electrons. The first kappa shape index (κ1) is 19.0. The predicted octanol–water partition coefficient (Wildman–Crippen LogP) is 4.57. The molecule has 142 valence electrons. The van der Waals surface area contributed by atoms with Gasteiger partial charge in [-0.1, -0.05) is 68.8 Å². The Bertz CT molecular complexity index is 801. The van der Waals surface area contributed by atoms with Crippen LogP contribution in [0.2, 0.25) is 0 Å². The summed E-state index contributed by atoms with van der Waals surface area (Å²) in [6.45, 7) is 5.75. The van der Waals surface area contributed by atoms with E-state index in [1.54, 1.807) is 6.20 Å². The van der Waals surface area contributed by atoms with Gasteiger partial charge in [0.25, 0.3) is 0 Å². The third kappa shape index (κ3) is 4.88. The van der Waals surface area contributed by atoms with Crippen LogP contribution >= 0.6 is 0 Å². The third-order valence-corrected chi connectivity index (χ3v) is 4.91. The molecule has 0 bridgehead atoms. The number of unbranched alkanes of at least 4 members (excludes halogenated alkanes) is 1. The molecule has 5 heteroatoms. The van der Waals surface area contributed by atoms with Crippen molar-refractivity contribution in [3.63, 3.8) is 0 Å². The van der Waals surface area contributed by atoms with E-state index in [1.807, 2.05) is 0 Å². The second-order valence-electron chi connectivity index (χ2n) is 6.86. The fourth-order valence-electron chi connectivity index (χ4n) is 3.29. The Labute approximate surface area is 161 Å². The molecule has 1 aromatic heterocycles. The monoisotopic (exact) mass is 364 g/mol. The Balaban J connectivity index is 1.66.